The Morgan fingerprint density at radius 2 is 2.08 bits per heavy atom. The summed E-state index contributed by atoms with van der Waals surface area (Å²) in [4.78, 5) is 23.5. The van der Waals surface area contributed by atoms with Crippen molar-refractivity contribution in [3.63, 3.8) is 0 Å². The number of nitrogens with zero attached hydrogens (tertiary/aromatic N) is 6. The molecule has 1 fully saturated rings. The highest BCUT2D eigenvalue weighted by atomic mass is 16.5. The standard InChI is InChI=1S/C16H20N6O2/c1-12-18-16-17-11-13-14(22(16)19-12)3-6-21(15(13)23)5-2-4-20-7-9-24-10-8-20/h3,6,11H,2,4-5,7-10H2,1H3. The molecular weight excluding hydrogens is 308 g/mol. The summed E-state index contributed by atoms with van der Waals surface area (Å²) in [6, 6.07) is 1.91. The van der Waals surface area contributed by atoms with Gasteiger partial charge in [-0.25, -0.2) is 4.98 Å². The fraction of sp³-hybridized carbons (Fsp3) is 0.500. The van der Waals surface area contributed by atoms with Crippen LogP contribution in [0.1, 0.15) is 12.2 Å². The van der Waals surface area contributed by atoms with Crippen LogP contribution in [0.2, 0.25) is 0 Å². The smallest absolute Gasteiger partial charge is 0.261 e. The zero-order chi connectivity index (χ0) is 16.5. The normalized spacial score (nSPS) is 16.2. The van der Waals surface area contributed by atoms with E-state index in [-0.39, 0.29) is 5.56 Å². The molecule has 3 aromatic heterocycles. The van der Waals surface area contributed by atoms with Crippen molar-refractivity contribution in [1.82, 2.24) is 29.0 Å². The van der Waals surface area contributed by atoms with Crippen molar-refractivity contribution in [3.05, 3.63) is 34.6 Å². The van der Waals surface area contributed by atoms with Crippen LogP contribution in [0.25, 0.3) is 16.7 Å². The van der Waals surface area contributed by atoms with Crippen LogP contribution >= 0.6 is 0 Å². The Balaban J connectivity index is 1.56. The average molecular weight is 328 g/mol. The van der Waals surface area contributed by atoms with E-state index < -0.39 is 0 Å². The van der Waals surface area contributed by atoms with Gasteiger partial charge in [-0.3, -0.25) is 9.69 Å². The van der Waals surface area contributed by atoms with E-state index in [0.717, 1.165) is 44.8 Å². The summed E-state index contributed by atoms with van der Waals surface area (Å²) in [5, 5.41) is 4.88. The lowest BCUT2D eigenvalue weighted by molar-refractivity contribution is 0.0369. The van der Waals surface area contributed by atoms with Crippen LogP contribution in [-0.4, -0.2) is 61.9 Å². The van der Waals surface area contributed by atoms with Crippen LogP contribution in [0.15, 0.2) is 23.3 Å². The second kappa shape index (κ2) is 6.29. The molecule has 0 aromatic carbocycles. The fourth-order valence-electron chi connectivity index (χ4n) is 3.13. The molecule has 1 saturated heterocycles. The van der Waals surface area contributed by atoms with Gasteiger partial charge < -0.3 is 9.30 Å². The molecule has 4 heterocycles. The van der Waals surface area contributed by atoms with Crippen molar-refractivity contribution in [3.8, 4) is 0 Å². The van der Waals surface area contributed by atoms with Gasteiger partial charge in [0.05, 0.1) is 24.1 Å². The van der Waals surface area contributed by atoms with E-state index in [1.165, 1.54) is 0 Å². The summed E-state index contributed by atoms with van der Waals surface area (Å²) in [5.41, 5.74) is 0.715. The minimum Gasteiger partial charge on any atom is -0.379 e. The lowest BCUT2D eigenvalue weighted by atomic mass is 10.3. The minimum absolute atomic E-state index is 0.0305. The van der Waals surface area contributed by atoms with Crippen molar-refractivity contribution >= 4 is 16.7 Å². The highest BCUT2D eigenvalue weighted by Crippen LogP contribution is 2.10. The average Bonchev–Trinajstić information content (AvgIpc) is 2.98. The third-order valence-corrected chi connectivity index (χ3v) is 4.39. The minimum atomic E-state index is -0.0305. The number of hydrogen-bond acceptors (Lipinski definition) is 6. The first-order chi connectivity index (χ1) is 11.7. The molecule has 8 heteroatoms. The summed E-state index contributed by atoms with van der Waals surface area (Å²) >= 11 is 0. The van der Waals surface area contributed by atoms with Crippen LogP contribution < -0.4 is 5.56 Å². The molecule has 0 amide bonds. The maximum absolute atomic E-state index is 12.7. The molecule has 3 aromatic rings. The molecule has 0 radical (unpaired) electrons. The third-order valence-electron chi connectivity index (χ3n) is 4.39. The van der Waals surface area contributed by atoms with Crippen LogP contribution in [0.4, 0.5) is 0 Å². The Morgan fingerprint density at radius 1 is 1.25 bits per heavy atom. The molecule has 0 atom stereocenters. The van der Waals surface area contributed by atoms with E-state index in [4.69, 9.17) is 4.74 Å². The van der Waals surface area contributed by atoms with Crippen LogP contribution in [0, 0.1) is 6.92 Å². The van der Waals surface area contributed by atoms with E-state index in [0.29, 0.717) is 23.5 Å². The van der Waals surface area contributed by atoms with Gasteiger partial charge in [-0.1, -0.05) is 0 Å². The molecule has 8 nitrogen and oxygen atoms in total. The Morgan fingerprint density at radius 3 is 2.92 bits per heavy atom. The number of hydrogen-bond donors (Lipinski definition) is 0. The Bertz CT molecular complexity index is 925. The van der Waals surface area contributed by atoms with Crippen molar-refractivity contribution in [2.75, 3.05) is 32.8 Å². The molecule has 1 aliphatic heterocycles. The third kappa shape index (κ3) is 2.78. The number of ether oxygens (including phenoxy) is 1. The van der Waals surface area contributed by atoms with Gasteiger partial charge in [0.25, 0.3) is 11.3 Å². The number of fused-ring (bicyclic) bond motifs is 3. The summed E-state index contributed by atoms with van der Waals surface area (Å²) < 4.78 is 8.73. The summed E-state index contributed by atoms with van der Waals surface area (Å²) in [6.07, 6.45) is 4.36. The summed E-state index contributed by atoms with van der Waals surface area (Å²) in [5.74, 6) is 1.16. The Kier molecular flexibility index (Phi) is 3.99. The van der Waals surface area contributed by atoms with E-state index >= 15 is 0 Å². The number of rotatable bonds is 4. The highest BCUT2D eigenvalue weighted by Gasteiger charge is 2.12. The highest BCUT2D eigenvalue weighted by molar-refractivity contribution is 5.78. The van der Waals surface area contributed by atoms with Gasteiger partial charge in [0.1, 0.15) is 5.82 Å². The van der Waals surface area contributed by atoms with Gasteiger partial charge in [-0.2, -0.15) is 9.50 Å². The topological polar surface area (TPSA) is 77.5 Å². The zero-order valence-electron chi connectivity index (χ0n) is 13.7. The molecule has 0 N–H and O–H groups in total. The molecule has 0 unspecified atom stereocenters. The van der Waals surface area contributed by atoms with E-state index in [9.17, 15) is 4.79 Å². The molecule has 0 saturated carbocycles. The second-order valence-corrected chi connectivity index (χ2v) is 6.05. The largest absolute Gasteiger partial charge is 0.379 e. The molecule has 0 aliphatic carbocycles. The quantitative estimate of drug-likeness (QED) is 0.693. The predicted molar refractivity (Wildman–Crippen MR) is 89.2 cm³/mol. The van der Waals surface area contributed by atoms with Crippen molar-refractivity contribution < 1.29 is 4.74 Å². The molecule has 4 rings (SSSR count). The fourth-order valence-corrected chi connectivity index (χ4v) is 3.13. The van der Waals surface area contributed by atoms with Gasteiger partial charge in [0.2, 0.25) is 0 Å². The lowest BCUT2D eigenvalue weighted by Gasteiger charge is -2.26. The SMILES string of the molecule is Cc1nc2ncc3c(=O)n(CCCN4CCOCC4)ccc3n2n1. The monoisotopic (exact) mass is 328 g/mol. The summed E-state index contributed by atoms with van der Waals surface area (Å²) in [7, 11) is 0. The molecule has 0 spiro atoms. The molecular formula is C16H20N6O2. The molecule has 24 heavy (non-hydrogen) atoms. The van der Waals surface area contributed by atoms with Gasteiger partial charge in [-0.15, -0.1) is 5.10 Å². The molecule has 0 bridgehead atoms. The molecule has 1 aliphatic rings. The lowest BCUT2D eigenvalue weighted by Crippen LogP contribution is -2.37. The van der Waals surface area contributed by atoms with Gasteiger partial charge in [-0.05, 0) is 19.4 Å². The maximum Gasteiger partial charge on any atom is 0.261 e. The van der Waals surface area contributed by atoms with Crippen molar-refractivity contribution in [2.24, 2.45) is 0 Å². The van der Waals surface area contributed by atoms with Crippen LogP contribution in [-0.2, 0) is 11.3 Å². The number of aryl methyl sites for hydroxylation is 2. The second-order valence-electron chi connectivity index (χ2n) is 6.05. The van der Waals surface area contributed by atoms with Crippen LogP contribution in [0.3, 0.4) is 0 Å². The van der Waals surface area contributed by atoms with Crippen molar-refractivity contribution in [2.45, 2.75) is 19.9 Å². The van der Waals surface area contributed by atoms with Crippen molar-refractivity contribution in [1.29, 1.82) is 0 Å². The Hall–Kier alpha value is -2.32. The van der Waals surface area contributed by atoms with Gasteiger partial charge in [0.15, 0.2) is 0 Å². The number of pyridine rings is 1. The number of aromatic nitrogens is 5. The first kappa shape index (κ1) is 15.2. The molecule has 126 valence electrons. The van der Waals surface area contributed by atoms with Gasteiger partial charge >= 0.3 is 0 Å². The maximum atomic E-state index is 12.7. The number of morpholine rings is 1. The predicted octanol–water partition coefficient (Wildman–Crippen LogP) is 0.470. The van der Waals surface area contributed by atoms with Gasteiger partial charge in [0, 0.05) is 38.6 Å². The van der Waals surface area contributed by atoms with E-state index in [2.05, 4.69) is 20.0 Å². The Labute approximate surface area is 138 Å². The zero-order valence-corrected chi connectivity index (χ0v) is 13.7. The van der Waals surface area contributed by atoms with E-state index in [1.54, 1.807) is 15.3 Å². The van der Waals surface area contributed by atoms with Crippen LogP contribution in [0.5, 0.6) is 0 Å². The van der Waals surface area contributed by atoms with E-state index in [1.807, 2.05) is 19.2 Å². The summed E-state index contributed by atoms with van der Waals surface area (Å²) in [6.45, 7) is 7.03. The first-order valence-electron chi connectivity index (χ1n) is 8.24. The first-order valence-corrected chi connectivity index (χ1v) is 8.24.